The van der Waals surface area contributed by atoms with Crippen molar-refractivity contribution in [1.29, 1.82) is 5.26 Å². The van der Waals surface area contributed by atoms with Gasteiger partial charge in [0.15, 0.2) is 18.1 Å². The average molecular weight is 492 g/mol. The van der Waals surface area contributed by atoms with E-state index in [0.717, 1.165) is 5.56 Å². The summed E-state index contributed by atoms with van der Waals surface area (Å²) in [4.78, 5) is 25.0. The van der Waals surface area contributed by atoms with Crippen molar-refractivity contribution < 1.29 is 28.5 Å². The van der Waals surface area contributed by atoms with E-state index in [0.29, 0.717) is 30.0 Å². The molecule has 1 amide bonds. The number of rotatable bonds is 10. The van der Waals surface area contributed by atoms with Gasteiger partial charge in [0, 0.05) is 6.54 Å². The van der Waals surface area contributed by atoms with Crippen LogP contribution >= 0.6 is 0 Å². The molecule has 0 saturated heterocycles. The number of benzene rings is 2. The predicted octanol–water partition coefficient (Wildman–Crippen LogP) is 3.08. The van der Waals surface area contributed by atoms with Gasteiger partial charge in [0.2, 0.25) is 5.88 Å². The molecule has 188 valence electrons. The average Bonchev–Trinajstić information content (AvgIpc) is 2.87. The number of hydrogen-bond donors (Lipinski definition) is 2. The van der Waals surface area contributed by atoms with Gasteiger partial charge in [-0.25, -0.2) is 4.79 Å². The first kappa shape index (κ1) is 26.2. The van der Waals surface area contributed by atoms with Gasteiger partial charge in [-0.15, -0.1) is 0 Å². The van der Waals surface area contributed by atoms with Crippen molar-refractivity contribution in [1.82, 2.24) is 5.32 Å². The molecule has 2 aromatic carbocycles. The summed E-state index contributed by atoms with van der Waals surface area (Å²) in [7, 11) is 1.46. The number of nitrogens with zero attached hydrogens (tertiary/aromatic N) is 1. The van der Waals surface area contributed by atoms with E-state index in [1.54, 1.807) is 32.0 Å². The van der Waals surface area contributed by atoms with E-state index >= 15 is 0 Å². The summed E-state index contributed by atoms with van der Waals surface area (Å²) < 4.78 is 21.8. The summed E-state index contributed by atoms with van der Waals surface area (Å²) in [5, 5.41) is 12.6. The van der Waals surface area contributed by atoms with Gasteiger partial charge < -0.3 is 30.0 Å². The first-order valence-electron chi connectivity index (χ1n) is 11.5. The van der Waals surface area contributed by atoms with E-state index < -0.39 is 11.9 Å². The Morgan fingerprint density at radius 2 is 1.92 bits per heavy atom. The number of allylic oxidation sites excluding steroid dienone is 2. The van der Waals surface area contributed by atoms with E-state index in [1.165, 1.54) is 7.11 Å². The lowest BCUT2D eigenvalue weighted by Gasteiger charge is -2.27. The fourth-order valence-electron chi connectivity index (χ4n) is 3.86. The highest BCUT2D eigenvalue weighted by Crippen LogP contribution is 2.42. The van der Waals surface area contributed by atoms with Crippen molar-refractivity contribution in [3.63, 3.8) is 0 Å². The van der Waals surface area contributed by atoms with Gasteiger partial charge in [-0.05, 0) is 43.5 Å². The molecular weight excluding hydrogens is 462 g/mol. The van der Waals surface area contributed by atoms with Gasteiger partial charge in [-0.1, -0.05) is 36.4 Å². The Hall–Kier alpha value is -4.45. The van der Waals surface area contributed by atoms with Crippen molar-refractivity contribution >= 4 is 11.9 Å². The fraction of sp³-hybridized carbons (Fsp3) is 0.296. The molecule has 2 aromatic rings. The van der Waals surface area contributed by atoms with Crippen LogP contribution < -0.4 is 20.5 Å². The number of methoxy groups -OCH3 is 1. The molecule has 1 aliphatic heterocycles. The minimum absolute atomic E-state index is 0.0807. The smallest absolute Gasteiger partial charge is 0.338 e. The van der Waals surface area contributed by atoms with Gasteiger partial charge in [0.05, 0.1) is 25.2 Å². The number of carbonyl (C=O) groups excluding carboxylic acids is 2. The molecule has 9 heteroatoms. The Morgan fingerprint density at radius 3 is 2.58 bits per heavy atom. The summed E-state index contributed by atoms with van der Waals surface area (Å²) in [5.74, 6) is -0.861. The number of hydrogen-bond acceptors (Lipinski definition) is 8. The maximum atomic E-state index is 12.7. The topological polar surface area (TPSA) is 133 Å². The second kappa shape index (κ2) is 12.3. The van der Waals surface area contributed by atoms with Crippen LogP contribution in [0.2, 0.25) is 0 Å². The van der Waals surface area contributed by atoms with Crippen LogP contribution in [0.3, 0.4) is 0 Å². The number of carbonyl (C=O) groups is 2. The Kier molecular flexibility index (Phi) is 8.95. The zero-order valence-corrected chi connectivity index (χ0v) is 20.5. The molecule has 1 heterocycles. The second-order valence-corrected chi connectivity index (χ2v) is 7.90. The monoisotopic (exact) mass is 491 g/mol. The molecule has 0 spiro atoms. The third-order valence-corrected chi connectivity index (χ3v) is 5.56. The molecule has 0 aliphatic carbocycles. The first-order valence-corrected chi connectivity index (χ1v) is 11.5. The lowest BCUT2D eigenvalue weighted by Crippen LogP contribution is -2.30. The summed E-state index contributed by atoms with van der Waals surface area (Å²) >= 11 is 0. The Labute approximate surface area is 210 Å². The highest BCUT2D eigenvalue weighted by atomic mass is 16.5. The third-order valence-electron chi connectivity index (χ3n) is 5.56. The molecule has 3 rings (SSSR count). The van der Waals surface area contributed by atoms with E-state index in [2.05, 4.69) is 5.32 Å². The van der Waals surface area contributed by atoms with Crippen molar-refractivity contribution in [3.8, 4) is 17.6 Å². The second-order valence-electron chi connectivity index (χ2n) is 7.90. The van der Waals surface area contributed by atoms with E-state index in [-0.39, 0.29) is 41.9 Å². The van der Waals surface area contributed by atoms with Crippen molar-refractivity contribution in [2.24, 2.45) is 5.73 Å². The van der Waals surface area contributed by atoms with Gasteiger partial charge >= 0.3 is 5.97 Å². The Bertz CT molecular complexity index is 1210. The predicted molar refractivity (Wildman–Crippen MR) is 132 cm³/mol. The minimum Gasteiger partial charge on any atom is -0.493 e. The highest BCUT2D eigenvalue weighted by Gasteiger charge is 2.36. The molecule has 9 nitrogen and oxygen atoms in total. The third kappa shape index (κ3) is 6.16. The molecule has 1 aliphatic rings. The van der Waals surface area contributed by atoms with Gasteiger partial charge in [0.25, 0.3) is 5.91 Å². The lowest BCUT2D eigenvalue weighted by atomic mass is 9.83. The van der Waals surface area contributed by atoms with Crippen LogP contribution in [0, 0.1) is 11.3 Å². The molecule has 1 atom stereocenters. The minimum atomic E-state index is -0.813. The van der Waals surface area contributed by atoms with Crippen LogP contribution in [0.25, 0.3) is 0 Å². The summed E-state index contributed by atoms with van der Waals surface area (Å²) in [6.07, 6.45) is 0.712. The van der Waals surface area contributed by atoms with Gasteiger partial charge in [0.1, 0.15) is 17.4 Å². The maximum absolute atomic E-state index is 12.7. The summed E-state index contributed by atoms with van der Waals surface area (Å²) in [5.41, 5.74) is 7.89. The van der Waals surface area contributed by atoms with Gasteiger partial charge in [-0.3, -0.25) is 4.79 Å². The number of nitriles is 1. The van der Waals surface area contributed by atoms with Crippen molar-refractivity contribution in [2.45, 2.75) is 26.2 Å². The summed E-state index contributed by atoms with van der Waals surface area (Å²) in [6.45, 7) is 3.72. The van der Waals surface area contributed by atoms with Crippen LogP contribution in [0.5, 0.6) is 11.5 Å². The zero-order valence-electron chi connectivity index (χ0n) is 20.5. The number of nitrogens with two attached hydrogens (primary N) is 1. The van der Waals surface area contributed by atoms with Crippen molar-refractivity contribution in [2.75, 3.05) is 26.9 Å². The molecule has 0 saturated carbocycles. The molecule has 0 aromatic heterocycles. The van der Waals surface area contributed by atoms with Crippen LogP contribution in [-0.2, 0) is 25.5 Å². The van der Waals surface area contributed by atoms with E-state index in [4.69, 9.17) is 24.7 Å². The fourth-order valence-corrected chi connectivity index (χ4v) is 3.86. The van der Waals surface area contributed by atoms with Crippen LogP contribution in [0.1, 0.15) is 30.9 Å². The molecule has 0 fully saturated rings. The van der Waals surface area contributed by atoms with Gasteiger partial charge in [-0.2, -0.15) is 5.26 Å². The van der Waals surface area contributed by atoms with Crippen LogP contribution in [0.15, 0.2) is 71.3 Å². The zero-order chi connectivity index (χ0) is 26.1. The number of amides is 1. The highest BCUT2D eigenvalue weighted by molar-refractivity contribution is 5.92. The van der Waals surface area contributed by atoms with Crippen molar-refractivity contribution in [3.05, 3.63) is 82.4 Å². The molecule has 0 radical (unpaired) electrons. The number of nitrogens with one attached hydrogen (secondary N) is 1. The molecule has 36 heavy (non-hydrogen) atoms. The first-order chi connectivity index (χ1) is 17.4. The quantitative estimate of drug-likeness (QED) is 0.485. The van der Waals surface area contributed by atoms with Crippen LogP contribution in [0.4, 0.5) is 0 Å². The largest absolute Gasteiger partial charge is 0.493 e. The van der Waals surface area contributed by atoms with Crippen LogP contribution in [-0.4, -0.2) is 38.7 Å². The maximum Gasteiger partial charge on any atom is 0.338 e. The molecular formula is C27H29N3O6. The van der Waals surface area contributed by atoms with E-state index in [1.807, 2.05) is 36.4 Å². The standard InChI is InChI=1S/C27H29N3O6/c1-4-34-27(32)24-17(2)36-26(29)20(15-28)25(24)19-10-11-21(22(14-19)33-3)35-16-23(31)30-13-12-18-8-6-5-7-9-18/h5-11,14,25H,4,12-13,16,29H2,1-3H3,(H,30,31). The molecule has 3 N–H and O–H groups in total. The number of ether oxygens (including phenoxy) is 4. The Balaban J connectivity index is 1.75. The summed E-state index contributed by atoms with van der Waals surface area (Å²) in [6, 6.07) is 16.8. The lowest BCUT2D eigenvalue weighted by molar-refractivity contribution is -0.139. The van der Waals surface area contributed by atoms with E-state index in [9.17, 15) is 14.9 Å². The Morgan fingerprint density at radius 1 is 1.17 bits per heavy atom. The number of esters is 1. The molecule has 1 unspecified atom stereocenters. The normalized spacial score (nSPS) is 15.0. The SMILES string of the molecule is CCOC(=O)C1=C(C)OC(N)=C(C#N)C1c1ccc(OCC(=O)NCCc2ccccc2)c(OC)c1. The molecule has 0 bridgehead atoms.